The highest BCUT2D eigenvalue weighted by Crippen LogP contribution is 2.26. The van der Waals surface area contributed by atoms with Crippen molar-refractivity contribution in [3.8, 4) is 0 Å². The van der Waals surface area contributed by atoms with Crippen molar-refractivity contribution in [2.24, 2.45) is 0 Å². The second-order valence-electron chi connectivity index (χ2n) is 5.53. The smallest absolute Gasteiger partial charge is 0.250 e. The Morgan fingerprint density at radius 1 is 0.960 bits per heavy atom. The molecule has 0 saturated heterocycles. The van der Waals surface area contributed by atoms with Gasteiger partial charge in [0.05, 0.1) is 11.7 Å². The highest BCUT2D eigenvalue weighted by Gasteiger charge is 2.15. The molecule has 1 atom stereocenters. The number of carbonyl (C=O) groups excluding carboxylic acids is 1. The summed E-state index contributed by atoms with van der Waals surface area (Å²) >= 11 is 0. The second kappa shape index (κ2) is 8.08. The van der Waals surface area contributed by atoms with Crippen molar-refractivity contribution >= 4 is 17.3 Å². The topological polar surface area (TPSA) is 74.2 Å². The lowest BCUT2D eigenvalue weighted by molar-refractivity contribution is -0.118. The molecule has 0 spiro atoms. The fraction of sp³-hybridized carbons (Fsp3) is 0.100. The zero-order valence-corrected chi connectivity index (χ0v) is 13.6. The molecule has 0 saturated carbocycles. The molecule has 126 valence electrons. The number of hydrogen-bond donors (Lipinski definition) is 3. The van der Waals surface area contributed by atoms with E-state index in [0.29, 0.717) is 5.69 Å². The van der Waals surface area contributed by atoms with Gasteiger partial charge in [-0.1, -0.05) is 42.5 Å². The van der Waals surface area contributed by atoms with Gasteiger partial charge in [0.25, 0.3) is 0 Å². The summed E-state index contributed by atoms with van der Waals surface area (Å²) in [5, 5.41) is 15.0. The molecule has 0 unspecified atom stereocenters. The van der Waals surface area contributed by atoms with Gasteiger partial charge in [0.2, 0.25) is 5.91 Å². The number of nitrogens with one attached hydrogen (secondary N) is 2. The van der Waals surface area contributed by atoms with E-state index in [0.717, 1.165) is 16.9 Å². The van der Waals surface area contributed by atoms with Crippen molar-refractivity contribution in [2.45, 2.75) is 6.04 Å². The van der Waals surface area contributed by atoms with Crippen LogP contribution in [0.1, 0.15) is 17.3 Å². The molecule has 3 aromatic rings. The number of nitrogens with zero attached hydrogens (tertiary/aromatic N) is 1. The predicted molar refractivity (Wildman–Crippen MR) is 98.3 cm³/mol. The Balaban J connectivity index is 1.88. The fourth-order valence-corrected chi connectivity index (χ4v) is 2.57. The van der Waals surface area contributed by atoms with E-state index in [1.807, 2.05) is 66.7 Å². The van der Waals surface area contributed by atoms with Gasteiger partial charge in [0, 0.05) is 17.6 Å². The van der Waals surface area contributed by atoms with Crippen molar-refractivity contribution in [3.05, 3.63) is 90.3 Å². The fourth-order valence-electron chi connectivity index (χ4n) is 2.57. The van der Waals surface area contributed by atoms with Gasteiger partial charge in [-0.15, -0.1) is 0 Å². The van der Waals surface area contributed by atoms with Gasteiger partial charge >= 0.3 is 0 Å². The summed E-state index contributed by atoms with van der Waals surface area (Å²) in [6.45, 7) is -0.543. The third kappa shape index (κ3) is 4.43. The van der Waals surface area contributed by atoms with Crippen LogP contribution < -0.4 is 10.6 Å². The number of carbonyl (C=O) groups is 1. The lowest BCUT2D eigenvalue weighted by Crippen LogP contribution is -2.16. The number of pyridine rings is 1. The van der Waals surface area contributed by atoms with Crippen molar-refractivity contribution in [1.29, 1.82) is 0 Å². The highest BCUT2D eigenvalue weighted by molar-refractivity contribution is 5.92. The maximum Gasteiger partial charge on any atom is 0.250 e. The molecule has 0 radical (unpaired) electrons. The first-order valence-corrected chi connectivity index (χ1v) is 7.99. The normalized spacial score (nSPS) is 11.6. The van der Waals surface area contributed by atoms with Crippen LogP contribution in [0.15, 0.2) is 79.0 Å². The zero-order chi connectivity index (χ0) is 17.5. The first-order chi connectivity index (χ1) is 12.3. The van der Waals surface area contributed by atoms with Crippen LogP contribution in [-0.4, -0.2) is 22.6 Å². The summed E-state index contributed by atoms with van der Waals surface area (Å²) in [6, 6.07) is 23.1. The van der Waals surface area contributed by atoms with Gasteiger partial charge in [0.15, 0.2) is 0 Å². The van der Waals surface area contributed by atoms with Crippen LogP contribution in [0, 0.1) is 0 Å². The number of aliphatic hydroxyl groups excluding tert-OH is 1. The van der Waals surface area contributed by atoms with Crippen molar-refractivity contribution in [2.75, 3.05) is 17.2 Å². The van der Waals surface area contributed by atoms with Crippen LogP contribution in [0.5, 0.6) is 0 Å². The summed E-state index contributed by atoms with van der Waals surface area (Å²) in [4.78, 5) is 15.8. The lowest BCUT2D eigenvalue weighted by atomic mass is 10.0. The number of amides is 1. The maximum absolute atomic E-state index is 11.4. The Bertz CT molecular complexity index is 783. The Morgan fingerprint density at radius 2 is 1.72 bits per heavy atom. The molecule has 1 heterocycles. The minimum Gasteiger partial charge on any atom is -0.387 e. The minimum atomic E-state index is -0.543. The lowest BCUT2D eigenvalue weighted by Gasteiger charge is -2.20. The van der Waals surface area contributed by atoms with Crippen molar-refractivity contribution < 1.29 is 9.90 Å². The molecule has 2 aromatic carbocycles. The molecule has 0 bridgehead atoms. The van der Waals surface area contributed by atoms with Crippen molar-refractivity contribution in [1.82, 2.24) is 4.98 Å². The van der Waals surface area contributed by atoms with Gasteiger partial charge < -0.3 is 15.7 Å². The van der Waals surface area contributed by atoms with E-state index in [1.54, 1.807) is 12.3 Å². The molecule has 1 amide bonds. The first kappa shape index (κ1) is 16.7. The molecule has 0 fully saturated rings. The molecule has 25 heavy (non-hydrogen) atoms. The second-order valence-corrected chi connectivity index (χ2v) is 5.53. The number of aromatic nitrogens is 1. The van der Waals surface area contributed by atoms with E-state index in [9.17, 15) is 4.79 Å². The van der Waals surface area contributed by atoms with Crippen LogP contribution >= 0.6 is 0 Å². The average Bonchev–Trinajstić information content (AvgIpc) is 2.67. The van der Waals surface area contributed by atoms with E-state index < -0.39 is 12.5 Å². The number of anilines is 2. The summed E-state index contributed by atoms with van der Waals surface area (Å²) in [5.74, 6) is -0.443. The van der Waals surface area contributed by atoms with Gasteiger partial charge in [0.1, 0.15) is 6.61 Å². The predicted octanol–water partition coefficient (Wildman–Crippen LogP) is 3.21. The molecule has 5 heteroatoms. The molecular weight excluding hydrogens is 314 g/mol. The van der Waals surface area contributed by atoms with Gasteiger partial charge in [-0.25, -0.2) is 0 Å². The first-order valence-electron chi connectivity index (χ1n) is 7.99. The highest BCUT2D eigenvalue weighted by atomic mass is 16.3. The van der Waals surface area contributed by atoms with Crippen LogP contribution in [0.25, 0.3) is 0 Å². The molecule has 3 rings (SSSR count). The molecule has 0 aliphatic rings. The summed E-state index contributed by atoms with van der Waals surface area (Å²) in [7, 11) is 0. The van der Waals surface area contributed by atoms with E-state index in [4.69, 9.17) is 5.11 Å². The van der Waals surface area contributed by atoms with Crippen LogP contribution in [0.4, 0.5) is 11.4 Å². The molecule has 5 nitrogen and oxygen atoms in total. The van der Waals surface area contributed by atoms with E-state index in [1.165, 1.54) is 0 Å². The SMILES string of the molecule is O=C(CO)Nc1cccc(N[C@@H](c2ccccc2)c2ccccn2)c1. The largest absolute Gasteiger partial charge is 0.387 e. The summed E-state index contributed by atoms with van der Waals surface area (Å²) in [5.41, 5.74) is 3.46. The molecule has 3 N–H and O–H groups in total. The summed E-state index contributed by atoms with van der Waals surface area (Å²) in [6.07, 6.45) is 1.77. The molecule has 0 aliphatic heterocycles. The van der Waals surface area contributed by atoms with E-state index in [2.05, 4.69) is 15.6 Å². The van der Waals surface area contributed by atoms with Crippen LogP contribution in [0.2, 0.25) is 0 Å². The molecule has 1 aromatic heterocycles. The molecular formula is C20H19N3O2. The van der Waals surface area contributed by atoms with Gasteiger partial charge in [-0.2, -0.15) is 0 Å². The Kier molecular flexibility index (Phi) is 5.39. The Labute approximate surface area is 146 Å². The van der Waals surface area contributed by atoms with Gasteiger partial charge in [-0.05, 0) is 35.9 Å². The number of aliphatic hydroxyl groups is 1. The van der Waals surface area contributed by atoms with E-state index >= 15 is 0 Å². The third-order valence-electron chi connectivity index (χ3n) is 3.72. The third-order valence-corrected chi connectivity index (χ3v) is 3.72. The number of benzene rings is 2. The quantitative estimate of drug-likeness (QED) is 0.647. The maximum atomic E-state index is 11.4. The number of rotatable bonds is 6. The van der Waals surface area contributed by atoms with E-state index in [-0.39, 0.29) is 6.04 Å². The zero-order valence-electron chi connectivity index (χ0n) is 13.6. The molecule has 0 aliphatic carbocycles. The van der Waals surface area contributed by atoms with Crippen molar-refractivity contribution in [3.63, 3.8) is 0 Å². The summed E-state index contributed by atoms with van der Waals surface area (Å²) < 4.78 is 0. The Hall–Kier alpha value is -3.18. The monoisotopic (exact) mass is 333 g/mol. The Morgan fingerprint density at radius 3 is 2.44 bits per heavy atom. The van der Waals surface area contributed by atoms with Gasteiger partial charge in [-0.3, -0.25) is 9.78 Å². The minimum absolute atomic E-state index is 0.119. The standard InChI is InChI=1S/C20H19N3O2/c24-14-19(25)22-16-9-6-10-17(13-16)23-20(15-7-2-1-3-8-15)18-11-4-5-12-21-18/h1-13,20,23-24H,14H2,(H,22,25)/t20-/m0/s1. The average molecular weight is 333 g/mol. The number of hydrogen-bond acceptors (Lipinski definition) is 4. The van der Waals surface area contributed by atoms with Crippen LogP contribution in [-0.2, 0) is 4.79 Å². The van der Waals surface area contributed by atoms with Crippen LogP contribution in [0.3, 0.4) is 0 Å².